The predicted octanol–water partition coefficient (Wildman–Crippen LogP) is 2.85. The lowest BCUT2D eigenvalue weighted by atomic mass is 9.97. The second-order valence-electron chi connectivity index (χ2n) is 8.50. The number of hydrogen-bond donors (Lipinski definition) is 2. The second kappa shape index (κ2) is 11.2. The lowest BCUT2D eigenvalue weighted by Gasteiger charge is -2.32. The Balaban J connectivity index is 1.48. The summed E-state index contributed by atoms with van der Waals surface area (Å²) in [7, 11) is -3.70. The number of nitrogens with zero attached hydrogens (tertiary/aromatic N) is 2. The molecule has 182 valence electrons. The van der Waals surface area contributed by atoms with E-state index in [4.69, 9.17) is 0 Å². The van der Waals surface area contributed by atoms with Gasteiger partial charge in [0.05, 0.1) is 22.7 Å². The summed E-state index contributed by atoms with van der Waals surface area (Å²) in [5, 5.41) is 5.68. The number of aromatic nitrogens is 1. The van der Waals surface area contributed by atoms with Crippen molar-refractivity contribution in [2.75, 3.05) is 18.4 Å². The molecule has 1 fully saturated rings. The fraction of sp³-hybridized carbons (Fsp3) is 0.269. The Kier molecular flexibility index (Phi) is 7.89. The van der Waals surface area contributed by atoms with Crippen LogP contribution in [0.15, 0.2) is 90.1 Å². The van der Waals surface area contributed by atoms with E-state index in [-0.39, 0.29) is 23.3 Å². The third kappa shape index (κ3) is 6.32. The number of rotatable bonds is 8. The topological polar surface area (TPSA) is 108 Å². The molecule has 9 heteroatoms. The van der Waals surface area contributed by atoms with Gasteiger partial charge in [-0.15, -0.1) is 0 Å². The monoisotopic (exact) mass is 492 g/mol. The molecule has 8 nitrogen and oxygen atoms in total. The van der Waals surface area contributed by atoms with E-state index >= 15 is 0 Å². The highest BCUT2D eigenvalue weighted by molar-refractivity contribution is 7.89. The number of pyridine rings is 1. The van der Waals surface area contributed by atoms with Crippen molar-refractivity contribution in [1.29, 1.82) is 0 Å². The Morgan fingerprint density at radius 2 is 1.71 bits per heavy atom. The summed E-state index contributed by atoms with van der Waals surface area (Å²) in [4.78, 5) is 30.5. The molecule has 2 heterocycles. The summed E-state index contributed by atoms with van der Waals surface area (Å²) in [6.45, 7) is 0.432. The van der Waals surface area contributed by atoms with Gasteiger partial charge in [-0.05, 0) is 42.7 Å². The van der Waals surface area contributed by atoms with Gasteiger partial charge in [0.2, 0.25) is 21.8 Å². The summed E-state index contributed by atoms with van der Waals surface area (Å²) in [6.07, 6.45) is 4.56. The van der Waals surface area contributed by atoms with Gasteiger partial charge in [0, 0.05) is 25.7 Å². The Bertz CT molecular complexity index is 1240. The maximum absolute atomic E-state index is 13.2. The first-order valence-corrected chi connectivity index (χ1v) is 13.0. The molecule has 0 unspecified atom stereocenters. The van der Waals surface area contributed by atoms with Crippen molar-refractivity contribution in [2.24, 2.45) is 5.92 Å². The van der Waals surface area contributed by atoms with E-state index in [1.54, 1.807) is 48.7 Å². The number of carbonyl (C=O) groups excluding carboxylic acids is 2. The van der Waals surface area contributed by atoms with Crippen LogP contribution in [0, 0.1) is 5.92 Å². The van der Waals surface area contributed by atoms with Crippen molar-refractivity contribution in [3.63, 3.8) is 0 Å². The van der Waals surface area contributed by atoms with E-state index < -0.39 is 22.0 Å². The van der Waals surface area contributed by atoms with Gasteiger partial charge in [-0.3, -0.25) is 14.6 Å². The van der Waals surface area contributed by atoms with Crippen LogP contribution in [0.4, 0.5) is 5.69 Å². The third-order valence-corrected chi connectivity index (χ3v) is 7.86. The van der Waals surface area contributed by atoms with Crippen LogP contribution in [0.3, 0.4) is 0 Å². The molecule has 0 aliphatic carbocycles. The fourth-order valence-electron chi connectivity index (χ4n) is 4.13. The molecule has 1 aliphatic rings. The summed E-state index contributed by atoms with van der Waals surface area (Å²) in [5.74, 6) is -1.24. The molecular weight excluding hydrogens is 464 g/mol. The largest absolute Gasteiger partial charge is 0.344 e. The van der Waals surface area contributed by atoms with E-state index in [9.17, 15) is 18.0 Å². The highest BCUT2D eigenvalue weighted by Crippen LogP contribution is 2.24. The van der Waals surface area contributed by atoms with E-state index in [0.29, 0.717) is 31.5 Å². The molecule has 2 amide bonds. The lowest BCUT2D eigenvalue weighted by molar-refractivity contribution is -0.130. The molecule has 2 aromatic carbocycles. The first kappa shape index (κ1) is 24.6. The number of piperidine rings is 1. The fourth-order valence-corrected chi connectivity index (χ4v) is 5.68. The van der Waals surface area contributed by atoms with Gasteiger partial charge in [-0.1, -0.05) is 48.5 Å². The van der Waals surface area contributed by atoms with E-state index in [2.05, 4.69) is 15.6 Å². The average molecular weight is 493 g/mol. The molecule has 2 N–H and O–H groups in total. The highest BCUT2D eigenvalue weighted by Gasteiger charge is 2.34. The van der Waals surface area contributed by atoms with Crippen molar-refractivity contribution >= 4 is 27.5 Å². The minimum atomic E-state index is -3.70. The first-order chi connectivity index (χ1) is 16.9. The third-order valence-electron chi connectivity index (χ3n) is 5.98. The predicted molar refractivity (Wildman–Crippen MR) is 133 cm³/mol. The summed E-state index contributed by atoms with van der Waals surface area (Å²) >= 11 is 0. The summed E-state index contributed by atoms with van der Waals surface area (Å²) < 4.78 is 27.5. The summed E-state index contributed by atoms with van der Waals surface area (Å²) in [6, 6.07) is 20.3. The Hall–Kier alpha value is -3.56. The van der Waals surface area contributed by atoms with Crippen molar-refractivity contribution < 1.29 is 18.0 Å². The quantitative estimate of drug-likeness (QED) is 0.503. The molecule has 35 heavy (non-hydrogen) atoms. The van der Waals surface area contributed by atoms with Crippen LogP contribution in [-0.4, -0.2) is 48.7 Å². The molecule has 4 rings (SSSR count). The zero-order valence-electron chi connectivity index (χ0n) is 19.2. The zero-order chi connectivity index (χ0) is 24.7. The van der Waals surface area contributed by atoms with Crippen LogP contribution in [0.25, 0.3) is 0 Å². The number of benzene rings is 2. The number of sulfonamides is 1. The molecule has 2 atom stereocenters. The van der Waals surface area contributed by atoms with E-state index in [0.717, 1.165) is 5.56 Å². The van der Waals surface area contributed by atoms with Crippen molar-refractivity contribution in [3.8, 4) is 0 Å². The van der Waals surface area contributed by atoms with Gasteiger partial charge in [0.25, 0.3) is 0 Å². The number of hydrogen-bond acceptors (Lipinski definition) is 5. The van der Waals surface area contributed by atoms with Gasteiger partial charge in [0.15, 0.2) is 0 Å². The molecule has 0 spiro atoms. The molecule has 3 aromatic rings. The van der Waals surface area contributed by atoms with Crippen LogP contribution in [0.2, 0.25) is 0 Å². The normalized spacial score (nSPS) is 17.3. The molecule has 1 saturated heterocycles. The first-order valence-electron chi connectivity index (χ1n) is 11.5. The van der Waals surface area contributed by atoms with E-state index in [1.807, 2.05) is 30.3 Å². The average Bonchev–Trinajstić information content (AvgIpc) is 2.90. The van der Waals surface area contributed by atoms with Crippen LogP contribution in [0.1, 0.15) is 18.4 Å². The summed E-state index contributed by atoms with van der Waals surface area (Å²) in [5.41, 5.74) is 1.43. The van der Waals surface area contributed by atoms with Crippen LogP contribution in [0.5, 0.6) is 0 Å². The Labute approximate surface area is 205 Å². The molecule has 1 aromatic heterocycles. The molecule has 0 bridgehead atoms. The van der Waals surface area contributed by atoms with E-state index in [1.165, 1.54) is 10.5 Å². The standard InChI is InChI=1S/C26H28N4O4S/c31-25(21-11-8-16-30(19-21)35(33,34)23-13-5-2-6-14-23)29-24(17-20-9-3-1-4-10-20)26(32)28-22-12-7-15-27-18-22/h1-7,9-10,12-15,18,21,24H,8,11,16-17,19H2,(H,28,32)(H,29,31)/t21-,24-/m0/s1. The second-order valence-corrected chi connectivity index (χ2v) is 10.4. The minimum absolute atomic E-state index is 0.0747. The van der Waals surface area contributed by atoms with Crippen molar-refractivity contribution in [1.82, 2.24) is 14.6 Å². The number of carbonyl (C=O) groups is 2. The lowest BCUT2D eigenvalue weighted by Crippen LogP contribution is -2.51. The highest BCUT2D eigenvalue weighted by atomic mass is 32.2. The van der Waals surface area contributed by atoms with Crippen molar-refractivity contribution in [2.45, 2.75) is 30.2 Å². The maximum Gasteiger partial charge on any atom is 0.247 e. The number of anilines is 1. The van der Waals surface area contributed by atoms with Gasteiger partial charge in [0.1, 0.15) is 6.04 Å². The number of nitrogens with one attached hydrogen (secondary N) is 2. The van der Waals surface area contributed by atoms with Gasteiger partial charge >= 0.3 is 0 Å². The van der Waals surface area contributed by atoms with Gasteiger partial charge in [-0.25, -0.2) is 8.42 Å². The minimum Gasteiger partial charge on any atom is -0.344 e. The van der Waals surface area contributed by atoms with Gasteiger partial charge < -0.3 is 10.6 Å². The molecule has 1 aliphatic heterocycles. The SMILES string of the molecule is O=C(N[C@@H](Cc1ccccc1)C(=O)Nc1cccnc1)[C@H]1CCCN(S(=O)(=O)c2ccccc2)C1. The zero-order valence-corrected chi connectivity index (χ0v) is 20.0. The van der Waals surface area contributed by atoms with Crippen LogP contribution in [-0.2, 0) is 26.0 Å². The molecule has 0 saturated carbocycles. The number of amides is 2. The molecule has 0 radical (unpaired) electrons. The Morgan fingerprint density at radius 3 is 2.40 bits per heavy atom. The van der Waals surface area contributed by atoms with Crippen LogP contribution >= 0.6 is 0 Å². The van der Waals surface area contributed by atoms with Crippen LogP contribution < -0.4 is 10.6 Å². The van der Waals surface area contributed by atoms with Crippen molar-refractivity contribution in [3.05, 3.63) is 90.8 Å². The molecular formula is C26H28N4O4S. The maximum atomic E-state index is 13.2. The Morgan fingerprint density at radius 1 is 1.00 bits per heavy atom. The smallest absolute Gasteiger partial charge is 0.247 e. The van der Waals surface area contributed by atoms with Gasteiger partial charge in [-0.2, -0.15) is 4.31 Å².